The first-order valence-electron chi connectivity index (χ1n) is 9.23. The molecule has 2 amide bonds. The first kappa shape index (κ1) is 20.2. The smallest absolute Gasteiger partial charge is 0.269 e. The molecule has 3 rings (SSSR count). The number of imidazole rings is 1. The average molecular weight is 396 g/mol. The van der Waals surface area contributed by atoms with E-state index < -0.39 is 5.91 Å². The van der Waals surface area contributed by atoms with Gasteiger partial charge < -0.3 is 14.0 Å². The highest BCUT2D eigenvalue weighted by molar-refractivity contribution is 5.98. The third kappa shape index (κ3) is 4.31. The molecule has 0 fully saturated rings. The van der Waals surface area contributed by atoms with Gasteiger partial charge in [0.2, 0.25) is 5.91 Å². The Morgan fingerprint density at radius 3 is 2.48 bits per heavy atom. The highest BCUT2D eigenvalue weighted by Crippen LogP contribution is 2.27. The molecule has 0 aliphatic carbocycles. The average Bonchev–Trinajstić information content (AvgIpc) is 3.05. The highest BCUT2D eigenvalue weighted by atomic mass is 16.5. The van der Waals surface area contributed by atoms with Crippen molar-refractivity contribution in [1.82, 2.24) is 20.4 Å². The van der Waals surface area contributed by atoms with Gasteiger partial charge in [0, 0.05) is 12.1 Å². The molecule has 2 N–H and O–H groups in total. The van der Waals surface area contributed by atoms with Gasteiger partial charge in [-0.3, -0.25) is 20.4 Å². The van der Waals surface area contributed by atoms with E-state index in [0.717, 1.165) is 29.0 Å². The molecule has 8 heteroatoms. The van der Waals surface area contributed by atoms with Crippen LogP contribution in [-0.4, -0.2) is 35.6 Å². The fourth-order valence-electron chi connectivity index (χ4n) is 3.21. The fourth-order valence-corrected chi connectivity index (χ4v) is 3.21. The van der Waals surface area contributed by atoms with Crippen molar-refractivity contribution in [2.45, 2.75) is 26.8 Å². The van der Waals surface area contributed by atoms with Gasteiger partial charge in [-0.05, 0) is 49.7 Å². The summed E-state index contributed by atoms with van der Waals surface area (Å²) in [6.45, 7) is 4.78. The number of carbonyl (C=O) groups is 2. The zero-order valence-electron chi connectivity index (χ0n) is 16.9. The van der Waals surface area contributed by atoms with E-state index >= 15 is 0 Å². The minimum atomic E-state index is -0.406. The highest BCUT2D eigenvalue weighted by Gasteiger charge is 2.13. The van der Waals surface area contributed by atoms with Crippen LogP contribution < -0.4 is 20.3 Å². The molecule has 8 nitrogen and oxygen atoms in total. The molecule has 0 unspecified atom stereocenters. The molecular formula is C21H24N4O4. The molecule has 1 aromatic heterocycles. The van der Waals surface area contributed by atoms with E-state index in [9.17, 15) is 9.59 Å². The predicted octanol–water partition coefficient (Wildman–Crippen LogP) is 2.39. The summed E-state index contributed by atoms with van der Waals surface area (Å²) in [4.78, 5) is 29.1. The number of hydrogen-bond acceptors (Lipinski definition) is 5. The Bertz CT molecular complexity index is 1060. The summed E-state index contributed by atoms with van der Waals surface area (Å²) in [6.07, 6.45) is 0.0831. The van der Waals surface area contributed by atoms with Gasteiger partial charge >= 0.3 is 0 Å². The molecular weight excluding hydrogens is 372 g/mol. The van der Waals surface area contributed by atoms with Gasteiger partial charge in [0.1, 0.15) is 5.82 Å². The third-order valence-corrected chi connectivity index (χ3v) is 4.65. The molecule has 0 spiro atoms. The van der Waals surface area contributed by atoms with Crippen molar-refractivity contribution in [3.63, 3.8) is 0 Å². The third-order valence-electron chi connectivity index (χ3n) is 4.65. The molecule has 29 heavy (non-hydrogen) atoms. The normalized spacial score (nSPS) is 10.6. The summed E-state index contributed by atoms with van der Waals surface area (Å²) in [5, 5.41) is 0. The standard InChI is InChI=1S/C21H24N4O4/c1-5-25-13(2)22-16-12-15(7-8-17(16)25)21(27)24-23-20(26)11-14-6-9-18(28-3)19(10-14)29-4/h6-10,12H,5,11H2,1-4H3,(H,23,26)(H,24,27). The largest absolute Gasteiger partial charge is 0.493 e. The van der Waals surface area contributed by atoms with Crippen molar-refractivity contribution in [2.24, 2.45) is 0 Å². The minimum absolute atomic E-state index is 0.0831. The number of nitrogens with zero attached hydrogens (tertiary/aromatic N) is 2. The van der Waals surface area contributed by atoms with Crippen LogP contribution in [0.25, 0.3) is 11.0 Å². The molecule has 0 saturated heterocycles. The first-order valence-corrected chi connectivity index (χ1v) is 9.23. The summed E-state index contributed by atoms with van der Waals surface area (Å²) in [5.41, 5.74) is 7.75. The van der Waals surface area contributed by atoms with Crippen molar-refractivity contribution in [3.8, 4) is 11.5 Å². The SMILES string of the molecule is CCn1c(C)nc2cc(C(=O)NNC(=O)Cc3ccc(OC)c(OC)c3)ccc21. The summed E-state index contributed by atoms with van der Waals surface area (Å²) >= 11 is 0. The van der Waals surface area contributed by atoms with E-state index in [2.05, 4.69) is 20.4 Å². The van der Waals surface area contributed by atoms with Crippen molar-refractivity contribution in [1.29, 1.82) is 0 Å². The maximum Gasteiger partial charge on any atom is 0.269 e. The summed E-state index contributed by atoms with van der Waals surface area (Å²) in [6, 6.07) is 10.5. The molecule has 0 aliphatic heterocycles. The van der Waals surface area contributed by atoms with Crippen molar-refractivity contribution in [2.75, 3.05) is 14.2 Å². The Labute approximate surface area is 168 Å². The number of aryl methyl sites for hydroxylation is 2. The first-order chi connectivity index (χ1) is 14.0. The van der Waals surface area contributed by atoms with Crippen LogP contribution in [0.15, 0.2) is 36.4 Å². The lowest BCUT2D eigenvalue weighted by atomic mass is 10.1. The second kappa shape index (κ2) is 8.64. The number of nitrogens with one attached hydrogen (secondary N) is 2. The Hall–Kier alpha value is -3.55. The van der Waals surface area contributed by atoms with E-state index in [0.29, 0.717) is 17.1 Å². The van der Waals surface area contributed by atoms with E-state index in [1.54, 1.807) is 37.4 Å². The zero-order chi connectivity index (χ0) is 21.0. The number of aromatic nitrogens is 2. The number of carbonyl (C=O) groups excluding carboxylic acids is 2. The Balaban J connectivity index is 1.63. The van der Waals surface area contributed by atoms with Crippen LogP contribution >= 0.6 is 0 Å². The maximum atomic E-state index is 12.4. The van der Waals surface area contributed by atoms with Crippen molar-refractivity contribution in [3.05, 3.63) is 53.3 Å². The van der Waals surface area contributed by atoms with E-state index in [-0.39, 0.29) is 12.3 Å². The van der Waals surface area contributed by atoms with Gasteiger partial charge in [-0.2, -0.15) is 0 Å². The quantitative estimate of drug-likeness (QED) is 0.624. The minimum Gasteiger partial charge on any atom is -0.493 e. The maximum absolute atomic E-state index is 12.4. The molecule has 0 aliphatic rings. The molecule has 3 aromatic rings. The Kier molecular flexibility index (Phi) is 6.01. The molecule has 0 saturated carbocycles. The molecule has 0 atom stereocenters. The van der Waals surface area contributed by atoms with Gasteiger partial charge in [-0.25, -0.2) is 4.98 Å². The molecule has 0 bridgehead atoms. The molecule has 1 heterocycles. The fraction of sp³-hybridized carbons (Fsp3) is 0.286. The number of hydrazine groups is 1. The van der Waals surface area contributed by atoms with Crippen LogP contribution in [0.5, 0.6) is 11.5 Å². The van der Waals surface area contributed by atoms with Gasteiger partial charge in [0.15, 0.2) is 11.5 Å². The Morgan fingerprint density at radius 2 is 1.79 bits per heavy atom. The topological polar surface area (TPSA) is 94.5 Å². The zero-order valence-corrected chi connectivity index (χ0v) is 16.9. The molecule has 152 valence electrons. The molecule has 0 radical (unpaired) electrons. The van der Waals surface area contributed by atoms with Crippen LogP contribution in [0.3, 0.4) is 0 Å². The summed E-state index contributed by atoms with van der Waals surface area (Å²) in [5.74, 6) is 1.26. The summed E-state index contributed by atoms with van der Waals surface area (Å²) < 4.78 is 12.5. The van der Waals surface area contributed by atoms with Crippen LogP contribution in [-0.2, 0) is 17.8 Å². The number of ether oxygens (including phenoxy) is 2. The van der Waals surface area contributed by atoms with Crippen LogP contribution in [0.4, 0.5) is 0 Å². The van der Waals surface area contributed by atoms with Gasteiger partial charge in [0.25, 0.3) is 5.91 Å². The number of fused-ring (bicyclic) bond motifs is 1. The monoisotopic (exact) mass is 396 g/mol. The van der Waals surface area contributed by atoms with Gasteiger partial charge in [-0.15, -0.1) is 0 Å². The lowest BCUT2D eigenvalue weighted by molar-refractivity contribution is -0.121. The van der Waals surface area contributed by atoms with Crippen LogP contribution in [0.1, 0.15) is 28.7 Å². The van der Waals surface area contributed by atoms with Crippen LogP contribution in [0, 0.1) is 6.92 Å². The van der Waals surface area contributed by atoms with Crippen molar-refractivity contribution >= 4 is 22.8 Å². The van der Waals surface area contributed by atoms with E-state index in [4.69, 9.17) is 9.47 Å². The predicted molar refractivity (Wildman–Crippen MR) is 109 cm³/mol. The summed E-state index contributed by atoms with van der Waals surface area (Å²) in [7, 11) is 3.08. The number of hydrogen-bond donors (Lipinski definition) is 2. The lowest BCUT2D eigenvalue weighted by Crippen LogP contribution is -2.42. The Morgan fingerprint density at radius 1 is 1.03 bits per heavy atom. The van der Waals surface area contributed by atoms with Gasteiger partial charge in [0.05, 0.1) is 31.7 Å². The van der Waals surface area contributed by atoms with Crippen molar-refractivity contribution < 1.29 is 19.1 Å². The lowest BCUT2D eigenvalue weighted by Gasteiger charge is -2.10. The second-order valence-electron chi connectivity index (χ2n) is 6.48. The number of rotatable bonds is 6. The number of amides is 2. The van der Waals surface area contributed by atoms with E-state index in [1.807, 2.05) is 19.9 Å². The van der Waals surface area contributed by atoms with Gasteiger partial charge in [-0.1, -0.05) is 6.07 Å². The second-order valence-corrected chi connectivity index (χ2v) is 6.48. The number of methoxy groups -OCH3 is 2. The van der Waals surface area contributed by atoms with E-state index in [1.165, 1.54) is 7.11 Å². The number of benzene rings is 2. The molecule has 2 aromatic carbocycles. The van der Waals surface area contributed by atoms with Crippen LogP contribution in [0.2, 0.25) is 0 Å².